The third-order valence-corrected chi connectivity index (χ3v) is 5.65. The van der Waals surface area contributed by atoms with Gasteiger partial charge in [0, 0.05) is 12.6 Å². The Bertz CT molecular complexity index is 677. The van der Waals surface area contributed by atoms with Crippen LogP contribution in [0.15, 0.2) is 18.2 Å². The molecule has 1 saturated carbocycles. The lowest BCUT2D eigenvalue weighted by molar-refractivity contribution is -0.139. The average molecular weight is 425 g/mol. The Kier molecular flexibility index (Phi) is 9.58. The van der Waals surface area contributed by atoms with Crippen LogP contribution in [-0.2, 0) is 9.59 Å². The molecule has 7 heteroatoms. The summed E-state index contributed by atoms with van der Waals surface area (Å²) < 4.78 is 10.7. The summed E-state index contributed by atoms with van der Waals surface area (Å²) in [6, 6.07) is 4.74. The summed E-state index contributed by atoms with van der Waals surface area (Å²) in [5.41, 5.74) is 0.686. The standard InChI is InChI=1S/C22H33ClN2O4/c1-4-5-13-25(20(26)15-23)21(22(27)24-17-9-7-6-8-10-17)16-11-12-18(28-2)19(14-16)29-3/h11-12,14,17,21H,4-10,13,15H2,1-3H3,(H,24,27)/t21-/m0/s1. The predicted octanol–water partition coefficient (Wildman–Crippen LogP) is 4.06. The number of unbranched alkanes of at least 4 members (excludes halogenated alkanes) is 1. The monoisotopic (exact) mass is 424 g/mol. The van der Waals surface area contributed by atoms with Crippen LogP contribution in [0.3, 0.4) is 0 Å². The van der Waals surface area contributed by atoms with Gasteiger partial charge in [-0.3, -0.25) is 9.59 Å². The van der Waals surface area contributed by atoms with E-state index in [2.05, 4.69) is 12.2 Å². The van der Waals surface area contributed by atoms with Crippen molar-refractivity contribution in [2.75, 3.05) is 26.6 Å². The van der Waals surface area contributed by atoms with E-state index in [0.717, 1.165) is 38.5 Å². The Morgan fingerprint density at radius 2 is 1.86 bits per heavy atom. The number of benzene rings is 1. The molecule has 1 aliphatic carbocycles. The molecule has 1 fully saturated rings. The van der Waals surface area contributed by atoms with Gasteiger partial charge in [-0.05, 0) is 37.0 Å². The second kappa shape index (κ2) is 11.9. The fourth-order valence-electron chi connectivity index (χ4n) is 3.83. The lowest BCUT2D eigenvalue weighted by Gasteiger charge is -2.33. The molecule has 6 nitrogen and oxygen atoms in total. The molecule has 0 saturated heterocycles. The van der Waals surface area contributed by atoms with Gasteiger partial charge in [0.1, 0.15) is 11.9 Å². The minimum Gasteiger partial charge on any atom is -0.493 e. The van der Waals surface area contributed by atoms with Gasteiger partial charge in [0.15, 0.2) is 11.5 Å². The molecule has 1 N–H and O–H groups in total. The van der Waals surface area contributed by atoms with Gasteiger partial charge in [-0.2, -0.15) is 0 Å². The highest BCUT2D eigenvalue weighted by Crippen LogP contribution is 2.33. The van der Waals surface area contributed by atoms with Crippen molar-refractivity contribution in [3.63, 3.8) is 0 Å². The maximum Gasteiger partial charge on any atom is 0.247 e. The van der Waals surface area contributed by atoms with Crippen LogP contribution >= 0.6 is 11.6 Å². The van der Waals surface area contributed by atoms with Crippen molar-refractivity contribution in [3.8, 4) is 11.5 Å². The number of carbonyl (C=O) groups excluding carboxylic acids is 2. The van der Waals surface area contributed by atoms with Crippen LogP contribution in [0.4, 0.5) is 0 Å². The molecule has 0 bridgehead atoms. The summed E-state index contributed by atoms with van der Waals surface area (Å²) in [5, 5.41) is 3.17. The number of halogens is 1. The highest BCUT2D eigenvalue weighted by Gasteiger charge is 2.32. The Morgan fingerprint density at radius 3 is 2.45 bits per heavy atom. The van der Waals surface area contributed by atoms with Gasteiger partial charge in [-0.1, -0.05) is 38.7 Å². The van der Waals surface area contributed by atoms with E-state index in [1.807, 2.05) is 6.07 Å². The minimum atomic E-state index is -0.755. The highest BCUT2D eigenvalue weighted by atomic mass is 35.5. The van der Waals surface area contributed by atoms with Gasteiger partial charge in [0.05, 0.1) is 14.2 Å². The molecule has 2 rings (SSSR count). The predicted molar refractivity (Wildman–Crippen MR) is 115 cm³/mol. The van der Waals surface area contributed by atoms with Gasteiger partial charge in [0.25, 0.3) is 0 Å². The first-order valence-corrected chi connectivity index (χ1v) is 11.0. The fourth-order valence-corrected chi connectivity index (χ4v) is 3.98. The van der Waals surface area contributed by atoms with Gasteiger partial charge in [-0.25, -0.2) is 0 Å². The Hall–Kier alpha value is -1.95. The number of nitrogens with zero attached hydrogens (tertiary/aromatic N) is 1. The van der Waals surface area contributed by atoms with E-state index in [9.17, 15) is 9.59 Å². The van der Waals surface area contributed by atoms with Gasteiger partial charge in [0.2, 0.25) is 11.8 Å². The van der Waals surface area contributed by atoms with E-state index in [1.54, 1.807) is 31.3 Å². The molecular weight excluding hydrogens is 392 g/mol. The summed E-state index contributed by atoms with van der Waals surface area (Å²) in [5.74, 6) is 0.516. The molecule has 2 amide bonds. The van der Waals surface area contributed by atoms with Crippen LogP contribution < -0.4 is 14.8 Å². The van der Waals surface area contributed by atoms with Gasteiger partial charge in [-0.15, -0.1) is 11.6 Å². The number of nitrogens with one attached hydrogen (secondary N) is 1. The molecule has 162 valence electrons. The molecule has 0 aromatic heterocycles. The van der Waals surface area contributed by atoms with Crippen LogP contribution in [-0.4, -0.2) is 49.4 Å². The normalized spacial score (nSPS) is 15.4. The molecule has 0 unspecified atom stereocenters. The molecule has 1 aliphatic rings. The minimum absolute atomic E-state index is 0.151. The molecule has 1 aromatic rings. The zero-order valence-corrected chi connectivity index (χ0v) is 18.5. The number of carbonyl (C=O) groups is 2. The maximum atomic E-state index is 13.4. The summed E-state index contributed by atoms with van der Waals surface area (Å²) in [4.78, 5) is 27.6. The fraction of sp³-hybridized carbons (Fsp3) is 0.636. The summed E-state index contributed by atoms with van der Waals surface area (Å²) >= 11 is 5.89. The maximum absolute atomic E-state index is 13.4. The zero-order chi connectivity index (χ0) is 21.2. The first-order valence-electron chi connectivity index (χ1n) is 10.4. The molecule has 0 aliphatic heterocycles. The van der Waals surface area contributed by atoms with Crippen LogP contribution in [0.1, 0.15) is 63.5 Å². The van der Waals surface area contributed by atoms with Gasteiger partial charge >= 0.3 is 0 Å². The molecule has 0 spiro atoms. The second-order valence-corrected chi connectivity index (χ2v) is 7.70. The lowest BCUT2D eigenvalue weighted by atomic mass is 9.94. The van der Waals surface area contributed by atoms with Crippen LogP contribution in [0, 0.1) is 0 Å². The number of methoxy groups -OCH3 is 2. The number of hydrogen-bond donors (Lipinski definition) is 1. The Labute approximate surface area is 178 Å². The lowest BCUT2D eigenvalue weighted by Crippen LogP contribution is -2.47. The van der Waals surface area contributed by atoms with Crippen LogP contribution in [0.5, 0.6) is 11.5 Å². The molecule has 0 radical (unpaired) electrons. The van der Waals surface area contributed by atoms with E-state index >= 15 is 0 Å². The van der Waals surface area contributed by atoms with Crippen LogP contribution in [0.25, 0.3) is 0 Å². The smallest absolute Gasteiger partial charge is 0.247 e. The number of alkyl halides is 1. The summed E-state index contributed by atoms with van der Waals surface area (Å²) in [7, 11) is 3.12. The second-order valence-electron chi connectivity index (χ2n) is 7.43. The molecular formula is C22H33ClN2O4. The zero-order valence-electron chi connectivity index (χ0n) is 17.7. The van der Waals surface area contributed by atoms with E-state index in [4.69, 9.17) is 21.1 Å². The first-order chi connectivity index (χ1) is 14.0. The molecule has 1 atom stereocenters. The molecule has 29 heavy (non-hydrogen) atoms. The quantitative estimate of drug-likeness (QED) is 0.575. The van der Waals surface area contributed by atoms with E-state index < -0.39 is 6.04 Å². The Balaban J connectivity index is 2.39. The van der Waals surface area contributed by atoms with Crippen molar-refractivity contribution in [1.82, 2.24) is 10.2 Å². The first kappa shape index (κ1) is 23.3. The van der Waals surface area contributed by atoms with Gasteiger partial charge < -0.3 is 19.7 Å². The highest BCUT2D eigenvalue weighted by molar-refractivity contribution is 6.27. The van der Waals surface area contributed by atoms with E-state index in [1.165, 1.54) is 6.42 Å². The average Bonchev–Trinajstić information content (AvgIpc) is 2.76. The van der Waals surface area contributed by atoms with E-state index in [-0.39, 0.29) is 23.7 Å². The number of hydrogen-bond acceptors (Lipinski definition) is 4. The number of ether oxygens (including phenoxy) is 2. The van der Waals surface area contributed by atoms with Crippen molar-refractivity contribution in [1.29, 1.82) is 0 Å². The largest absolute Gasteiger partial charge is 0.493 e. The summed E-state index contributed by atoms with van der Waals surface area (Å²) in [6.45, 7) is 2.52. The van der Waals surface area contributed by atoms with Crippen molar-refractivity contribution in [3.05, 3.63) is 23.8 Å². The van der Waals surface area contributed by atoms with Crippen molar-refractivity contribution >= 4 is 23.4 Å². The van der Waals surface area contributed by atoms with E-state index in [0.29, 0.717) is 23.6 Å². The van der Waals surface area contributed by atoms with Crippen molar-refractivity contribution < 1.29 is 19.1 Å². The number of rotatable bonds is 10. The molecule has 0 heterocycles. The molecule has 1 aromatic carbocycles. The third kappa shape index (κ3) is 6.26. The summed E-state index contributed by atoms with van der Waals surface area (Å²) in [6.07, 6.45) is 7.10. The SMILES string of the molecule is CCCCN(C(=O)CCl)[C@H](C(=O)NC1CCCCC1)c1ccc(OC)c(OC)c1. The topological polar surface area (TPSA) is 67.9 Å². The third-order valence-electron chi connectivity index (χ3n) is 5.42. The van der Waals surface area contributed by atoms with Crippen molar-refractivity contribution in [2.45, 2.75) is 64.0 Å². The Morgan fingerprint density at radius 1 is 1.17 bits per heavy atom. The number of amides is 2. The van der Waals surface area contributed by atoms with Crippen molar-refractivity contribution in [2.24, 2.45) is 0 Å². The van der Waals surface area contributed by atoms with Crippen LogP contribution in [0.2, 0.25) is 0 Å².